The molecule has 0 bridgehead atoms. The zero-order valence-electron chi connectivity index (χ0n) is 15.1. The molecule has 1 atom stereocenters. The first-order valence-electron chi connectivity index (χ1n) is 8.29. The highest BCUT2D eigenvalue weighted by molar-refractivity contribution is 5.82. The second-order valence-corrected chi connectivity index (χ2v) is 6.95. The minimum atomic E-state index is -0.473. The first-order chi connectivity index (χ1) is 11.8. The van der Waals surface area contributed by atoms with Crippen molar-refractivity contribution in [1.82, 2.24) is 25.8 Å². The summed E-state index contributed by atoms with van der Waals surface area (Å²) in [5.74, 6) is 0.938. The van der Waals surface area contributed by atoms with Crippen LogP contribution in [0.1, 0.15) is 50.4 Å². The third-order valence-electron chi connectivity index (χ3n) is 3.63. The molecule has 0 saturated carbocycles. The number of hydrogen-bond donors (Lipinski definition) is 3. The molecule has 2 aromatic rings. The second kappa shape index (κ2) is 7.92. The van der Waals surface area contributed by atoms with E-state index >= 15 is 0 Å². The van der Waals surface area contributed by atoms with Gasteiger partial charge in [0.15, 0.2) is 5.82 Å². The summed E-state index contributed by atoms with van der Waals surface area (Å²) in [6.07, 6.45) is 0.189. The van der Waals surface area contributed by atoms with Crippen molar-refractivity contribution >= 4 is 11.8 Å². The minimum absolute atomic E-state index is 0.0792. The first kappa shape index (κ1) is 18.6. The molecule has 0 saturated heterocycles. The minimum Gasteiger partial charge on any atom is -0.355 e. The van der Waals surface area contributed by atoms with Gasteiger partial charge in [0, 0.05) is 18.4 Å². The second-order valence-electron chi connectivity index (χ2n) is 6.95. The average Bonchev–Trinajstić information content (AvgIpc) is 2.98. The van der Waals surface area contributed by atoms with E-state index in [4.69, 9.17) is 0 Å². The fraction of sp³-hybridized carbons (Fsp3) is 0.444. The molecule has 0 aliphatic rings. The number of carbonyl (C=O) groups is 2. The van der Waals surface area contributed by atoms with Crippen LogP contribution in [0.3, 0.4) is 0 Å². The van der Waals surface area contributed by atoms with Gasteiger partial charge < -0.3 is 10.6 Å². The van der Waals surface area contributed by atoms with Gasteiger partial charge in [0.25, 0.3) is 0 Å². The molecule has 0 unspecified atom stereocenters. The third kappa shape index (κ3) is 5.41. The van der Waals surface area contributed by atoms with E-state index in [1.54, 1.807) is 0 Å². The highest BCUT2D eigenvalue weighted by Gasteiger charge is 2.22. The van der Waals surface area contributed by atoms with Crippen molar-refractivity contribution in [3.05, 3.63) is 47.5 Å². The number of hydrogen-bond acceptors (Lipinski definition) is 4. The van der Waals surface area contributed by atoms with E-state index in [1.807, 2.05) is 58.0 Å². The van der Waals surface area contributed by atoms with Gasteiger partial charge in [0.2, 0.25) is 11.8 Å². The number of aromatic amines is 1. The summed E-state index contributed by atoms with van der Waals surface area (Å²) >= 11 is 0. The summed E-state index contributed by atoms with van der Waals surface area (Å²) in [7, 11) is 0. The Labute approximate surface area is 147 Å². The van der Waals surface area contributed by atoms with E-state index in [-0.39, 0.29) is 24.8 Å². The largest absolute Gasteiger partial charge is 0.355 e. The Hall–Kier alpha value is -2.70. The van der Waals surface area contributed by atoms with Gasteiger partial charge in [-0.1, -0.05) is 51.1 Å². The van der Waals surface area contributed by atoms with Crippen LogP contribution in [0, 0.1) is 12.3 Å². The normalized spacial score (nSPS) is 12.5. The molecule has 7 nitrogen and oxygen atoms in total. The van der Waals surface area contributed by atoms with Gasteiger partial charge in [-0.3, -0.25) is 14.7 Å². The number of carbonyl (C=O) groups excluding carboxylic acids is 2. The average molecular weight is 343 g/mol. The fourth-order valence-corrected chi connectivity index (χ4v) is 2.22. The molecule has 1 heterocycles. The van der Waals surface area contributed by atoms with E-state index < -0.39 is 11.5 Å². The predicted octanol–water partition coefficient (Wildman–Crippen LogP) is 1.87. The van der Waals surface area contributed by atoms with Crippen LogP contribution in [0.4, 0.5) is 0 Å². The maximum atomic E-state index is 12.3. The van der Waals surface area contributed by atoms with E-state index in [2.05, 4.69) is 25.8 Å². The lowest BCUT2D eigenvalue weighted by atomic mass is 9.96. The number of nitrogens with zero attached hydrogens (tertiary/aromatic N) is 2. The van der Waals surface area contributed by atoms with Crippen LogP contribution in [0.15, 0.2) is 30.3 Å². The summed E-state index contributed by atoms with van der Waals surface area (Å²) in [6, 6.07) is 9.11. The summed E-state index contributed by atoms with van der Waals surface area (Å²) in [5.41, 5.74) is 0.424. The molecule has 2 amide bonds. The number of rotatable bonds is 6. The monoisotopic (exact) mass is 343 g/mol. The van der Waals surface area contributed by atoms with Crippen LogP contribution in [-0.4, -0.2) is 33.5 Å². The maximum Gasteiger partial charge on any atom is 0.225 e. The van der Waals surface area contributed by atoms with Gasteiger partial charge in [0.1, 0.15) is 11.9 Å². The number of amides is 2. The van der Waals surface area contributed by atoms with Crippen molar-refractivity contribution in [2.24, 2.45) is 5.41 Å². The van der Waals surface area contributed by atoms with Crippen LogP contribution in [0.2, 0.25) is 0 Å². The lowest BCUT2D eigenvalue weighted by Crippen LogP contribution is -2.38. The number of benzene rings is 1. The third-order valence-corrected chi connectivity index (χ3v) is 3.63. The molecule has 1 aromatic heterocycles. The van der Waals surface area contributed by atoms with Crippen molar-refractivity contribution in [2.75, 3.05) is 6.54 Å². The van der Waals surface area contributed by atoms with Crippen LogP contribution in [-0.2, 0) is 9.59 Å². The quantitative estimate of drug-likeness (QED) is 0.745. The van der Waals surface area contributed by atoms with Crippen LogP contribution in [0.25, 0.3) is 0 Å². The molecule has 25 heavy (non-hydrogen) atoms. The number of nitrogens with one attached hydrogen (secondary N) is 3. The molecule has 0 spiro atoms. The summed E-state index contributed by atoms with van der Waals surface area (Å²) in [5, 5.41) is 12.7. The van der Waals surface area contributed by atoms with E-state index in [0.29, 0.717) is 11.6 Å². The van der Waals surface area contributed by atoms with Crippen LogP contribution in [0.5, 0.6) is 0 Å². The highest BCUT2D eigenvalue weighted by Crippen LogP contribution is 2.19. The fourth-order valence-electron chi connectivity index (χ4n) is 2.22. The molecule has 3 N–H and O–H groups in total. The molecular weight excluding hydrogens is 318 g/mol. The number of aryl methyl sites for hydroxylation is 1. The Morgan fingerprint density at radius 1 is 1.20 bits per heavy atom. The highest BCUT2D eigenvalue weighted by atomic mass is 16.2. The Bertz CT molecular complexity index is 719. The molecular formula is C18H25N5O2. The Kier molecular flexibility index (Phi) is 5.90. The van der Waals surface area contributed by atoms with Gasteiger partial charge in [-0.25, -0.2) is 4.98 Å². The molecule has 0 aliphatic carbocycles. The van der Waals surface area contributed by atoms with Crippen molar-refractivity contribution in [2.45, 2.75) is 40.2 Å². The molecule has 0 fully saturated rings. The Balaban J connectivity index is 2.00. The topological polar surface area (TPSA) is 99.8 Å². The number of aromatic nitrogens is 3. The van der Waals surface area contributed by atoms with Crippen LogP contribution >= 0.6 is 0 Å². The Morgan fingerprint density at radius 3 is 2.44 bits per heavy atom. The van der Waals surface area contributed by atoms with Crippen molar-refractivity contribution in [3.63, 3.8) is 0 Å². The van der Waals surface area contributed by atoms with Gasteiger partial charge >= 0.3 is 0 Å². The lowest BCUT2D eigenvalue weighted by molar-refractivity contribution is -0.128. The van der Waals surface area contributed by atoms with Crippen molar-refractivity contribution in [3.8, 4) is 0 Å². The van der Waals surface area contributed by atoms with Crippen LogP contribution < -0.4 is 10.6 Å². The summed E-state index contributed by atoms with van der Waals surface area (Å²) in [4.78, 5) is 28.5. The Morgan fingerprint density at radius 2 is 1.88 bits per heavy atom. The van der Waals surface area contributed by atoms with Gasteiger partial charge in [0.05, 0.1) is 0 Å². The zero-order chi connectivity index (χ0) is 18.4. The molecule has 0 aliphatic heterocycles. The van der Waals surface area contributed by atoms with Gasteiger partial charge in [-0.05, 0) is 12.5 Å². The van der Waals surface area contributed by atoms with E-state index in [1.165, 1.54) is 0 Å². The van der Waals surface area contributed by atoms with Gasteiger partial charge in [-0.2, -0.15) is 5.10 Å². The van der Waals surface area contributed by atoms with E-state index in [0.717, 1.165) is 5.56 Å². The number of H-pyrrole nitrogens is 1. The molecule has 0 radical (unpaired) electrons. The zero-order valence-corrected chi connectivity index (χ0v) is 15.1. The standard InChI is InChI=1S/C18H25N5O2/c1-12-20-16(23-22-12)15(13-8-6-5-7-9-13)21-14(24)10-11-19-17(25)18(2,3)4/h5-9,15H,10-11H2,1-4H3,(H,19,25)(H,21,24)(H,20,22,23)/t15-/m0/s1. The van der Waals surface area contributed by atoms with Crippen molar-refractivity contribution < 1.29 is 9.59 Å². The lowest BCUT2D eigenvalue weighted by Gasteiger charge is -2.19. The molecule has 7 heteroatoms. The van der Waals surface area contributed by atoms with Gasteiger partial charge in [-0.15, -0.1) is 0 Å². The van der Waals surface area contributed by atoms with Crippen molar-refractivity contribution in [1.29, 1.82) is 0 Å². The molecule has 134 valence electrons. The van der Waals surface area contributed by atoms with E-state index in [9.17, 15) is 9.59 Å². The molecule has 1 aromatic carbocycles. The first-order valence-corrected chi connectivity index (χ1v) is 8.29. The maximum absolute atomic E-state index is 12.3. The SMILES string of the molecule is Cc1nc([C@@H](NC(=O)CCNC(=O)C(C)(C)C)c2ccccc2)n[nH]1. The predicted molar refractivity (Wildman–Crippen MR) is 94.6 cm³/mol. The smallest absolute Gasteiger partial charge is 0.225 e. The molecule has 2 rings (SSSR count). The summed E-state index contributed by atoms with van der Waals surface area (Å²) in [6.45, 7) is 7.59. The summed E-state index contributed by atoms with van der Waals surface area (Å²) < 4.78 is 0.